The van der Waals surface area contributed by atoms with Gasteiger partial charge in [0.1, 0.15) is 0 Å². The van der Waals surface area contributed by atoms with Crippen LogP contribution in [0, 0.1) is 0 Å². The molecule has 0 spiro atoms. The topological polar surface area (TPSA) is 20.2 Å². The van der Waals surface area contributed by atoms with Gasteiger partial charge in [0, 0.05) is 20.4 Å². The highest BCUT2D eigenvalue weighted by atomic mass is 32.2. The summed E-state index contributed by atoms with van der Waals surface area (Å²) in [6.45, 7) is 3.99. The highest BCUT2D eigenvalue weighted by Gasteiger charge is 2.03. The Hall–Kier alpha value is -0.770. The molecule has 0 aliphatic carbocycles. The van der Waals surface area contributed by atoms with Gasteiger partial charge in [-0.15, -0.1) is 23.1 Å². The van der Waals surface area contributed by atoms with Crippen molar-refractivity contribution in [3.63, 3.8) is 0 Å². The van der Waals surface area contributed by atoms with Gasteiger partial charge in [-0.2, -0.15) is 0 Å². The summed E-state index contributed by atoms with van der Waals surface area (Å²) in [6.07, 6.45) is 0.728. The molecule has 2 rings (SSSR count). The van der Waals surface area contributed by atoms with E-state index in [1.54, 1.807) is 6.92 Å². The van der Waals surface area contributed by atoms with Crippen LogP contribution >= 0.6 is 23.1 Å². The van der Waals surface area contributed by atoms with Crippen molar-refractivity contribution in [3.8, 4) is 0 Å². The van der Waals surface area contributed by atoms with Crippen LogP contribution in [0.5, 0.6) is 0 Å². The van der Waals surface area contributed by atoms with Gasteiger partial charge < -0.3 is 5.11 Å². The molecule has 1 aromatic carbocycles. The first-order valence-electron chi connectivity index (χ1n) is 6.17. The van der Waals surface area contributed by atoms with E-state index in [4.69, 9.17) is 0 Å². The van der Waals surface area contributed by atoms with Crippen molar-refractivity contribution in [2.75, 3.05) is 0 Å². The molecular formula is C15H18OS2. The van der Waals surface area contributed by atoms with Gasteiger partial charge in [0.25, 0.3) is 0 Å². The predicted octanol–water partition coefficient (Wildman–Crippen LogP) is 4.66. The Kier molecular flexibility index (Phi) is 4.87. The summed E-state index contributed by atoms with van der Waals surface area (Å²) in [5.41, 5.74) is 0.987. The Morgan fingerprint density at radius 2 is 2.00 bits per heavy atom. The summed E-state index contributed by atoms with van der Waals surface area (Å²) < 4.78 is 0. The van der Waals surface area contributed by atoms with E-state index in [2.05, 4.69) is 31.2 Å². The summed E-state index contributed by atoms with van der Waals surface area (Å²) in [6, 6.07) is 12.6. The fourth-order valence-electron chi connectivity index (χ4n) is 1.71. The number of aliphatic hydroxyl groups excluding tert-OH is 1. The van der Waals surface area contributed by atoms with Gasteiger partial charge in [-0.05, 0) is 43.2 Å². The normalized spacial score (nSPS) is 12.6. The van der Waals surface area contributed by atoms with Gasteiger partial charge in [0.15, 0.2) is 0 Å². The summed E-state index contributed by atoms with van der Waals surface area (Å²) in [7, 11) is 0. The number of benzene rings is 1. The molecule has 0 radical (unpaired) electrons. The van der Waals surface area contributed by atoms with Crippen molar-refractivity contribution in [3.05, 3.63) is 51.7 Å². The van der Waals surface area contributed by atoms with E-state index >= 15 is 0 Å². The van der Waals surface area contributed by atoms with Crippen molar-refractivity contribution < 1.29 is 5.11 Å². The third kappa shape index (κ3) is 3.61. The van der Waals surface area contributed by atoms with Crippen LogP contribution in [-0.2, 0) is 12.2 Å². The third-order valence-electron chi connectivity index (χ3n) is 2.79. The highest BCUT2D eigenvalue weighted by molar-refractivity contribution is 7.98. The molecule has 0 saturated heterocycles. The number of aryl methyl sites for hydroxylation is 1. The zero-order chi connectivity index (χ0) is 13.0. The van der Waals surface area contributed by atoms with Crippen LogP contribution in [0.1, 0.15) is 35.3 Å². The molecule has 1 atom stereocenters. The Morgan fingerprint density at radius 1 is 1.22 bits per heavy atom. The molecule has 1 N–H and O–H groups in total. The van der Waals surface area contributed by atoms with E-state index in [9.17, 15) is 5.11 Å². The monoisotopic (exact) mass is 278 g/mol. The molecule has 0 fully saturated rings. The SMILES string of the molecule is CCc1ccc(CSc2cccc(C(C)O)c2)s1. The Bertz CT molecular complexity index is 503. The minimum Gasteiger partial charge on any atom is -0.389 e. The van der Waals surface area contributed by atoms with Crippen LogP contribution in [0.15, 0.2) is 41.3 Å². The maximum absolute atomic E-state index is 9.56. The smallest absolute Gasteiger partial charge is 0.0762 e. The van der Waals surface area contributed by atoms with Gasteiger partial charge in [-0.25, -0.2) is 0 Å². The lowest BCUT2D eigenvalue weighted by molar-refractivity contribution is 0.199. The van der Waals surface area contributed by atoms with Gasteiger partial charge in [-0.1, -0.05) is 19.1 Å². The fraction of sp³-hybridized carbons (Fsp3) is 0.333. The first kappa shape index (κ1) is 13.7. The maximum Gasteiger partial charge on any atom is 0.0762 e. The van der Waals surface area contributed by atoms with E-state index in [0.29, 0.717) is 0 Å². The van der Waals surface area contributed by atoms with Crippen molar-refractivity contribution >= 4 is 23.1 Å². The lowest BCUT2D eigenvalue weighted by Crippen LogP contribution is -1.90. The second-order valence-electron chi connectivity index (χ2n) is 4.26. The first-order chi connectivity index (χ1) is 8.69. The lowest BCUT2D eigenvalue weighted by atomic mass is 10.1. The molecule has 18 heavy (non-hydrogen) atoms. The van der Waals surface area contributed by atoms with Gasteiger partial charge in [0.2, 0.25) is 0 Å². The molecule has 96 valence electrons. The fourth-order valence-corrected chi connectivity index (χ4v) is 3.67. The first-order valence-corrected chi connectivity index (χ1v) is 7.97. The zero-order valence-corrected chi connectivity index (χ0v) is 12.4. The minimum atomic E-state index is -0.390. The molecular weight excluding hydrogens is 260 g/mol. The van der Waals surface area contributed by atoms with E-state index in [-0.39, 0.29) is 6.10 Å². The molecule has 1 nitrogen and oxygen atoms in total. The van der Waals surface area contributed by atoms with Crippen molar-refractivity contribution in [1.29, 1.82) is 0 Å². The van der Waals surface area contributed by atoms with E-state index in [1.807, 2.05) is 35.2 Å². The third-order valence-corrected chi connectivity index (χ3v) is 5.24. The molecule has 2 aromatic rings. The van der Waals surface area contributed by atoms with Crippen LogP contribution in [0.4, 0.5) is 0 Å². The molecule has 0 bridgehead atoms. The summed E-state index contributed by atoms with van der Waals surface area (Å²) >= 11 is 3.72. The summed E-state index contributed by atoms with van der Waals surface area (Å²) in [4.78, 5) is 4.09. The van der Waals surface area contributed by atoms with Gasteiger partial charge in [0.05, 0.1) is 6.10 Å². The molecule has 1 aromatic heterocycles. The largest absolute Gasteiger partial charge is 0.389 e. The summed E-state index contributed by atoms with van der Waals surface area (Å²) in [5.74, 6) is 1.01. The Morgan fingerprint density at radius 3 is 2.67 bits per heavy atom. The van der Waals surface area contributed by atoms with Crippen LogP contribution in [0.2, 0.25) is 0 Å². The number of thiophene rings is 1. The summed E-state index contributed by atoms with van der Waals surface area (Å²) in [5, 5.41) is 9.56. The maximum atomic E-state index is 9.56. The molecule has 0 saturated carbocycles. The average Bonchev–Trinajstić information content (AvgIpc) is 2.84. The number of rotatable bonds is 5. The van der Waals surface area contributed by atoms with Crippen LogP contribution in [-0.4, -0.2) is 5.11 Å². The highest BCUT2D eigenvalue weighted by Crippen LogP contribution is 2.28. The number of hydrogen-bond donors (Lipinski definition) is 1. The van der Waals surface area contributed by atoms with E-state index in [0.717, 1.165) is 17.7 Å². The van der Waals surface area contributed by atoms with Gasteiger partial charge >= 0.3 is 0 Å². The lowest BCUT2D eigenvalue weighted by Gasteiger charge is -2.06. The Balaban J connectivity index is 1.99. The number of hydrogen-bond acceptors (Lipinski definition) is 3. The molecule has 1 unspecified atom stereocenters. The van der Waals surface area contributed by atoms with Gasteiger partial charge in [-0.3, -0.25) is 0 Å². The van der Waals surface area contributed by atoms with E-state index in [1.165, 1.54) is 14.6 Å². The van der Waals surface area contributed by atoms with Crippen molar-refractivity contribution in [2.24, 2.45) is 0 Å². The Labute approximate surface area is 117 Å². The van der Waals surface area contributed by atoms with Crippen LogP contribution in [0.25, 0.3) is 0 Å². The second-order valence-corrected chi connectivity index (χ2v) is 6.56. The van der Waals surface area contributed by atoms with Crippen LogP contribution < -0.4 is 0 Å². The second kappa shape index (κ2) is 6.41. The molecule has 0 amide bonds. The van der Waals surface area contributed by atoms with Crippen molar-refractivity contribution in [2.45, 2.75) is 37.0 Å². The molecule has 1 heterocycles. The number of thioether (sulfide) groups is 1. The predicted molar refractivity (Wildman–Crippen MR) is 80.3 cm³/mol. The molecule has 0 aliphatic heterocycles. The zero-order valence-electron chi connectivity index (χ0n) is 10.7. The average molecular weight is 278 g/mol. The molecule has 3 heteroatoms. The van der Waals surface area contributed by atoms with E-state index < -0.39 is 0 Å². The van der Waals surface area contributed by atoms with Crippen LogP contribution in [0.3, 0.4) is 0 Å². The van der Waals surface area contributed by atoms with Crippen molar-refractivity contribution in [1.82, 2.24) is 0 Å². The minimum absolute atomic E-state index is 0.390. The number of aliphatic hydroxyl groups is 1. The standard InChI is InChI=1S/C15H18OS2/c1-3-13-7-8-15(18-13)10-17-14-6-4-5-12(9-14)11(2)16/h4-9,11,16H,3,10H2,1-2H3. The molecule has 0 aliphatic rings. The quantitative estimate of drug-likeness (QED) is 0.803.